The van der Waals surface area contributed by atoms with Gasteiger partial charge in [0, 0.05) is 12.1 Å². The van der Waals surface area contributed by atoms with Gasteiger partial charge in [-0.1, -0.05) is 43.5 Å². The van der Waals surface area contributed by atoms with Gasteiger partial charge in [0.2, 0.25) is 11.8 Å². The first-order valence-corrected chi connectivity index (χ1v) is 12.4. The van der Waals surface area contributed by atoms with Gasteiger partial charge in [0.1, 0.15) is 17.7 Å². The van der Waals surface area contributed by atoms with E-state index in [2.05, 4.69) is 17.6 Å². The van der Waals surface area contributed by atoms with E-state index < -0.39 is 41.8 Å². The zero-order chi connectivity index (χ0) is 27.0. The van der Waals surface area contributed by atoms with Gasteiger partial charge < -0.3 is 25.4 Å². The Morgan fingerprint density at radius 2 is 1.69 bits per heavy atom. The molecule has 0 bridgehead atoms. The molecular formula is C27H45N3O5. The standard InChI is InChI=1S/C27H45N3O5/c1-10-11-12-15-28-23(32)22(20-16-18(2)13-14-19(20)3)30(26(4,5)6)24(33)21(17-31)29-25(34)35-27(7,8)9/h13-14,16,21-22,31H,10-12,15,17H2,1-9H3,(H,28,32)(H,29,34). The molecule has 0 radical (unpaired) electrons. The van der Waals surface area contributed by atoms with Gasteiger partial charge in [-0.3, -0.25) is 9.59 Å². The molecule has 3 amide bonds. The molecule has 0 aliphatic rings. The number of aryl methyl sites for hydroxylation is 2. The fourth-order valence-electron chi connectivity index (χ4n) is 3.78. The monoisotopic (exact) mass is 491 g/mol. The highest BCUT2D eigenvalue weighted by molar-refractivity contribution is 5.93. The highest BCUT2D eigenvalue weighted by Crippen LogP contribution is 2.32. The number of aliphatic hydroxyl groups excluding tert-OH is 1. The number of unbranched alkanes of at least 4 members (excludes halogenated alkanes) is 2. The third-order valence-corrected chi connectivity index (χ3v) is 5.45. The molecule has 0 aromatic heterocycles. The lowest BCUT2D eigenvalue weighted by molar-refractivity contribution is -0.149. The first kappa shape index (κ1) is 30.4. The Hall–Kier alpha value is -2.61. The van der Waals surface area contributed by atoms with Crippen LogP contribution in [0.5, 0.6) is 0 Å². The van der Waals surface area contributed by atoms with Gasteiger partial charge in [0.25, 0.3) is 0 Å². The van der Waals surface area contributed by atoms with Gasteiger partial charge in [-0.2, -0.15) is 0 Å². The number of aliphatic hydroxyl groups is 1. The van der Waals surface area contributed by atoms with Gasteiger partial charge in [0.15, 0.2) is 0 Å². The zero-order valence-electron chi connectivity index (χ0n) is 22.9. The van der Waals surface area contributed by atoms with Crippen LogP contribution in [0.1, 0.15) is 90.5 Å². The van der Waals surface area contributed by atoms with E-state index in [0.29, 0.717) is 12.1 Å². The van der Waals surface area contributed by atoms with Crippen LogP contribution in [0.3, 0.4) is 0 Å². The Morgan fingerprint density at radius 3 is 2.20 bits per heavy atom. The molecule has 2 atom stereocenters. The first-order valence-electron chi connectivity index (χ1n) is 12.4. The molecule has 0 saturated carbocycles. The highest BCUT2D eigenvalue weighted by Gasteiger charge is 2.42. The first-order chi connectivity index (χ1) is 16.1. The largest absolute Gasteiger partial charge is 0.444 e. The quantitative estimate of drug-likeness (QED) is 0.426. The highest BCUT2D eigenvalue weighted by atomic mass is 16.6. The summed E-state index contributed by atoms with van der Waals surface area (Å²) in [5.41, 5.74) is 0.960. The third kappa shape index (κ3) is 9.51. The van der Waals surface area contributed by atoms with E-state index in [-0.39, 0.29) is 5.91 Å². The molecule has 0 saturated heterocycles. The predicted molar refractivity (Wildman–Crippen MR) is 138 cm³/mol. The second-order valence-corrected chi connectivity index (χ2v) is 11.0. The summed E-state index contributed by atoms with van der Waals surface area (Å²) in [6.07, 6.45) is 2.04. The smallest absolute Gasteiger partial charge is 0.408 e. The number of rotatable bonds is 10. The maximum absolute atomic E-state index is 13.8. The lowest BCUT2D eigenvalue weighted by Crippen LogP contribution is -2.59. The van der Waals surface area contributed by atoms with E-state index in [1.54, 1.807) is 20.8 Å². The van der Waals surface area contributed by atoms with Crippen LogP contribution in [0.2, 0.25) is 0 Å². The van der Waals surface area contributed by atoms with Crippen molar-refractivity contribution in [3.8, 4) is 0 Å². The molecule has 198 valence electrons. The van der Waals surface area contributed by atoms with E-state index in [4.69, 9.17) is 4.74 Å². The number of amides is 3. The number of carbonyl (C=O) groups excluding carboxylic acids is 3. The van der Waals surface area contributed by atoms with Crippen molar-refractivity contribution in [2.75, 3.05) is 13.2 Å². The van der Waals surface area contributed by atoms with Crippen molar-refractivity contribution < 1.29 is 24.2 Å². The lowest BCUT2D eigenvalue weighted by atomic mass is 9.92. The molecule has 1 aromatic rings. The van der Waals surface area contributed by atoms with Crippen LogP contribution in [-0.4, -0.2) is 58.2 Å². The molecule has 8 heteroatoms. The maximum atomic E-state index is 13.8. The van der Waals surface area contributed by atoms with Crippen LogP contribution in [-0.2, 0) is 14.3 Å². The van der Waals surface area contributed by atoms with Crippen molar-refractivity contribution in [3.63, 3.8) is 0 Å². The fraction of sp³-hybridized carbons (Fsp3) is 0.667. The van der Waals surface area contributed by atoms with Gasteiger partial charge in [-0.25, -0.2) is 4.79 Å². The van der Waals surface area contributed by atoms with Crippen LogP contribution in [0.4, 0.5) is 4.79 Å². The van der Waals surface area contributed by atoms with E-state index in [1.807, 2.05) is 52.8 Å². The summed E-state index contributed by atoms with van der Waals surface area (Å²) < 4.78 is 5.28. The predicted octanol–water partition coefficient (Wildman–Crippen LogP) is 4.16. The normalized spacial score (nSPS) is 13.5. The minimum atomic E-state index is -1.27. The van der Waals surface area contributed by atoms with Crippen molar-refractivity contribution in [3.05, 3.63) is 34.9 Å². The van der Waals surface area contributed by atoms with Crippen LogP contribution in [0, 0.1) is 13.8 Å². The SMILES string of the molecule is CCCCCNC(=O)C(c1cc(C)ccc1C)N(C(=O)C(CO)NC(=O)OC(C)(C)C)C(C)(C)C. The summed E-state index contributed by atoms with van der Waals surface area (Å²) in [5.74, 6) is -0.868. The van der Waals surface area contributed by atoms with E-state index >= 15 is 0 Å². The molecule has 0 heterocycles. The Balaban J connectivity index is 3.47. The lowest BCUT2D eigenvalue weighted by Gasteiger charge is -2.43. The van der Waals surface area contributed by atoms with Crippen molar-refractivity contribution in [1.29, 1.82) is 0 Å². The van der Waals surface area contributed by atoms with Gasteiger partial charge in [-0.15, -0.1) is 0 Å². The Kier molecular flexibility index (Phi) is 11.2. The fourth-order valence-corrected chi connectivity index (χ4v) is 3.78. The molecule has 0 aliphatic heterocycles. The number of alkyl carbamates (subject to hydrolysis) is 1. The molecular weight excluding hydrogens is 446 g/mol. The van der Waals surface area contributed by atoms with Crippen molar-refractivity contribution in [1.82, 2.24) is 15.5 Å². The summed E-state index contributed by atoms with van der Waals surface area (Å²) in [5, 5.41) is 15.5. The Labute approximate surface area is 210 Å². The number of ether oxygens (including phenoxy) is 1. The summed E-state index contributed by atoms with van der Waals surface area (Å²) in [6.45, 7) is 16.4. The number of hydrogen-bond donors (Lipinski definition) is 3. The second-order valence-electron chi connectivity index (χ2n) is 11.0. The van der Waals surface area contributed by atoms with Crippen molar-refractivity contribution >= 4 is 17.9 Å². The summed E-state index contributed by atoms with van der Waals surface area (Å²) in [7, 11) is 0. The zero-order valence-corrected chi connectivity index (χ0v) is 22.9. The van der Waals surface area contributed by atoms with Crippen LogP contribution < -0.4 is 10.6 Å². The van der Waals surface area contributed by atoms with E-state index in [0.717, 1.165) is 30.4 Å². The molecule has 1 rings (SSSR count). The molecule has 0 aliphatic carbocycles. The average molecular weight is 492 g/mol. The molecule has 8 nitrogen and oxygen atoms in total. The van der Waals surface area contributed by atoms with Gasteiger partial charge >= 0.3 is 6.09 Å². The van der Waals surface area contributed by atoms with E-state index in [9.17, 15) is 19.5 Å². The average Bonchev–Trinajstić information content (AvgIpc) is 2.72. The van der Waals surface area contributed by atoms with Crippen LogP contribution in [0.15, 0.2) is 18.2 Å². The molecule has 0 spiro atoms. The van der Waals surface area contributed by atoms with Crippen molar-refractivity contribution in [2.45, 2.75) is 105 Å². The topological polar surface area (TPSA) is 108 Å². The minimum Gasteiger partial charge on any atom is -0.444 e. The van der Waals surface area contributed by atoms with Crippen molar-refractivity contribution in [2.24, 2.45) is 0 Å². The van der Waals surface area contributed by atoms with Gasteiger partial charge in [-0.05, 0) is 72.9 Å². The van der Waals surface area contributed by atoms with Gasteiger partial charge in [0.05, 0.1) is 6.61 Å². The number of benzene rings is 1. The van der Waals surface area contributed by atoms with Crippen LogP contribution >= 0.6 is 0 Å². The number of hydrogen-bond acceptors (Lipinski definition) is 5. The molecule has 0 fully saturated rings. The molecule has 2 unspecified atom stereocenters. The Bertz CT molecular complexity index is 871. The second kappa shape index (κ2) is 12.9. The molecule has 35 heavy (non-hydrogen) atoms. The molecule has 1 aromatic carbocycles. The summed E-state index contributed by atoms with van der Waals surface area (Å²) in [6, 6.07) is 3.57. The third-order valence-electron chi connectivity index (χ3n) is 5.45. The van der Waals surface area contributed by atoms with E-state index in [1.165, 1.54) is 4.90 Å². The number of carbonyl (C=O) groups is 3. The number of nitrogens with one attached hydrogen (secondary N) is 2. The maximum Gasteiger partial charge on any atom is 0.408 e. The molecule has 3 N–H and O–H groups in total. The minimum absolute atomic E-state index is 0.299. The Morgan fingerprint density at radius 1 is 1.06 bits per heavy atom. The number of nitrogens with zero attached hydrogens (tertiary/aromatic N) is 1. The summed E-state index contributed by atoms with van der Waals surface area (Å²) in [4.78, 5) is 41.3. The van der Waals surface area contributed by atoms with Crippen LogP contribution in [0.25, 0.3) is 0 Å². The summed E-state index contributed by atoms with van der Waals surface area (Å²) >= 11 is 0.